The van der Waals surface area contributed by atoms with Crippen LogP contribution in [0.3, 0.4) is 0 Å². The van der Waals surface area contributed by atoms with Gasteiger partial charge >= 0.3 is 5.97 Å². The quantitative estimate of drug-likeness (QED) is 0.337. The van der Waals surface area contributed by atoms with Crippen molar-refractivity contribution >= 4 is 41.2 Å². The van der Waals surface area contributed by atoms with Crippen LogP contribution in [0.4, 0.5) is 5.69 Å². The molecule has 0 spiro atoms. The Bertz CT molecular complexity index is 610. The Kier molecular flexibility index (Phi) is 5.61. The number of nitrogens with zero attached hydrogens (tertiary/aromatic N) is 1. The fraction of sp³-hybridized carbons (Fsp3) is 0.0769. The van der Waals surface area contributed by atoms with Crippen LogP contribution in [0.25, 0.3) is 0 Å². The molecule has 1 aromatic carbocycles. The summed E-state index contributed by atoms with van der Waals surface area (Å²) in [6, 6.07) is 4.92. The number of benzene rings is 1. The second-order valence-electron chi connectivity index (χ2n) is 3.79. The minimum atomic E-state index is -1.19. The average molecular weight is 314 g/mol. The summed E-state index contributed by atoms with van der Waals surface area (Å²) in [5.74, 6) is -1.19. The van der Waals surface area contributed by atoms with Gasteiger partial charge in [0.05, 0.1) is 16.4 Å². The van der Waals surface area contributed by atoms with Crippen LogP contribution < -0.4 is 11.1 Å². The molecule has 1 rings (SSSR count). The van der Waals surface area contributed by atoms with Crippen molar-refractivity contribution in [3.8, 4) is 0 Å². The van der Waals surface area contributed by atoms with E-state index in [1.165, 1.54) is 0 Å². The number of rotatable bonds is 5. The van der Waals surface area contributed by atoms with E-state index in [1.807, 2.05) is 0 Å². The Morgan fingerprint density at radius 3 is 2.60 bits per heavy atom. The molecule has 0 fully saturated rings. The molecule has 0 aliphatic rings. The van der Waals surface area contributed by atoms with E-state index in [0.29, 0.717) is 27.0 Å². The summed E-state index contributed by atoms with van der Waals surface area (Å²) < 4.78 is 0. The highest BCUT2D eigenvalue weighted by Gasteiger charge is 2.12. The maximum atomic E-state index is 11.1. The van der Waals surface area contributed by atoms with Gasteiger partial charge in [-0.3, -0.25) is 0 Å². The number of carboxylic acids is 1. The lowest BCUT2D eigenvalue weighted by Gasteiger charge is -2.12. The standard InChI is InChI=1S/C13H13Cl2N3O2/c1-7(12(13(19)20)17-6-16)8(2)18-9-3-4-10(14)11(15)5-9/h3-6,18H,2H2,1H3,(H2,16,17)(H,19,20)/b12-7-. The number of hydrogen-bond donors (Lipinski definition) is 3. The van der Waals surface area contributed by atoms with E-state index >= 15 is 0 Å². The highest BCUT2D eigenvalue weighted by atomic mass is 35.5. The lowest BCUT2D eigenvalue weighted by Crippen LogP contribution is -2.08. The van der Waals surface area contributed by atoms with Gasteiger partial charge in [-0.1, -0.05) is 29.8 Å². The molecule has 0 bridgehead atoms. The molecule has 0 aromatic heterocycles. The molecular formula is C13H13Cl2N3O2. The zero-order valence-electron chi connectivity index (χ0n) is 10.7. The number of aliphatic imine (C=N–C) groups is 1. The third kappa shape index (κ3) is 4.01. The predicted octanol–water partition coefficient (Wildman–Crippen LogP) is 3.26. The van der Waals surface area contributed by atoms with Crippen molar-refractivity contribution in [3.05, 3.63) is 51.8 Å². The molecule has 106 valence electrons. The van der Waals surface area contributed by atoms with Gasteiger partial charge in [0, 0.05) is 17.0 Å². The van der Waals surface area contributed by atoms with Gasteiger partial charge in [-0.2, -0.15) is 0 Å². The zero-order valence-corrected chi connectivity index (χ0v) is 12.2. The maximum Gasteiger partial charge on any atom is 0.354 e. The molecule has 4 N–H and O–H groups in total. The number of allylic oxidation sites excluding steroid dienone is 1. The summed E-state index contributed by atoms with van der Waals surface area (Å²) in [5, 5.41) is 12.8. The average Bonchev–Trinajstić information content (AvgIpc) is 2.39. The van der Waals surface area contributed by atoms with Crippen molar-refractivity contribution in [2.75, 3.05) is 5.32 Å². The first-order valence-corrected chi connectivity index (χ1v) is 6.22. The Hall–Kier alpha value is -1.98. The minimum Gasteiger partial charge on any atom is -0.477 e. The molecule has 0 aliphatic carbocycles. The van der Waals surface area contributed by atoms with Crippen molar-refractivity contribution < 1.29 is 9.90 Å². The molecule has 0 saturated carbocycles. The number of carboxylic acid groups (broad SMARTS) is 1. The lowest BCUT2D eigenvalue weighted by atomic mass is 10.1. The van der Waals surface area contributed by atoms with E-state index in [0.717, 1.165) is 6.34 Å². The first-order valence-electron chi connectivity index (χ1n) is 5.46. The van der Waals surface area contributed by atoms with Crippen LogP contribution in [0, 0.1) is 0 Å². The maximum absolute atomic E-state index is 11.1. The summed E-state index contributed by atoms with van der Waals surface area (Å²) in [7, 11) is 0. The van der Waals surface area contributed by atoms with Crippen LogP contribution in [-0.2, 0) is 4.79 Å². The van der Waals surface area contributed by atoms with Gasteiger partial charge in [0.25, 0.3) is 0 Å². The summed E-state index contributed by atoms with van der Waals surface area (Å²) in [4.78, 5) is 14.7. The number of anilines is 1. The van der Waals surface area contributed by atoms with Crippen LogP contribution in [-0.4, -0.2) is 17.4 Å². The Morgan fingerprint density at radius 2 is 2.10 bits per heavy atom. The van der Waals surface area contributed by atoms with E-state index in [4.69, 9.17) is 34.0 Å². The largest absolute Gasteiger partial charge is 0.477 e. The molecule has 1 aromatic rings. The second kappa shape index (κ2) is 6.98. The van der Waals surface area contributed by atoms with Crippen LogP contribution >= 0.6 is 23.2 Å². The molecule has 5 nitrogen and oxygen atoms in total. The molecule has 0 unspecified atom stereocenters. The van der Waals surface area contributed by atoms with Crippen LogP contribution in [0.15, 0.2) is 46.7 Å². The van der Waals surface area contributed by atoms with Crippen molar-refractivity contribution in [2.24, 2.45) is 10.7 Å². The number of halogens is 2. The Labute approximate surface area is 126 Å². The van der Waals surface area contributed by atoms with Crippen molar-refractivity contribution in [1.82, 2.24) is 0 Å². The SMILES string of the molecule is C=C(Nc1ccc(Cl)c(Cl)c1)/C(C)=C(\N=C/N)C(=O)O. The van der Waals surface area contributed by atoms with Crippen molar-refractivity contribution in [3.63, 3.8) is 0 Å². The summed E-state index contributed by atoms with van der Waals surface area (Å²) in [5.41, 5.74) is 6.28. The fourth-order valence-corrected chi connectivity index (χ4v) is 1.67. The molecular weight excluding hydrogens is 301 g/mol. The molecule has 0 saturated heterocycles. The third-order valence-corrected chi connectivity index (χ3v) is 3.17. The number of nitrogens with one attached hydrogen (secondary N) is 1. The van der Waals surface area contributed by atoms with Gasteiger partial charge in [0.1, 0.15) is 0 Å². The van der Waals surface area contributed by atoms with Gasteiger partial charge in [-0.25, -0.2) is 9.79 Å². The summed E-state index contributed by atoms with van der Waals surface area (Å²) >= 11 is 11.7. The van der Waals surface area contributed by atoms with E-state index in [1.54, 1.807) is 25.1 Å². The first-order chi connectivity index (χ1) is 9.36. The number of nitrogens with two attached hydrogens (primary N) is 1. The van der Waals surface area contributed by atoms with Crippen molar-refractivity contribution in [1.29, 1.82) is 0 Å². The number of hydrogen-bond acceptors (Lipinski definition) is 3. The minimum absolute atomic E-state index is 0.190. The van der Waals surface area contributed by atoms with Crippen molar-refractivity contribution in [2.45, 2.75) is 6.92 Å². The Balaban J connectivity index is 3.02. The van der Waals surface area contributed by atoms with E-state index in [2.05, 4.69) is 16.9 Å². The monoisotopic (exact) mass is 313 g/mol. The molecule has 20 heavy (non-hydrogen) atoms. The molecule has 0 aliphatic heterocycles. The molecule has 0 radical (unpaired) electrons. The summed E-state index contributed by atoms with van der Waals surface area (Å²) in [6.07, 6.45) is 0.916. The fourth-order valence-electron chi connectivity index (χ4n) is 1.37. The first kappa shape index (κ1) is 16.1. The molecule has 7 heteroatoms. The smallest absolute Gasteiger partial charge is 0.354 e. The highest BCUT2D eigenvalue weighted by Crippen LogP contribution is 2.26. The van der Waals surface area contributed by atoms with E-state index < -0.39 is 5.97 Å². The highest BCUT2D eigenvalue weighted by molar-refractivity contribution is 6.42. The zero-order chi connectivity index (χ0) is 15.3. The lowest BCUT2D eigenvalue weighted by molar-refractivity contribution is -0.132. The Morgan fingerprint density at radius 1 is 1.45 bits per heavy atom. The van der Waals surface area contributed by atoms with Crippen LogP contribution in [0.1, 0.15) is 6.92 Å². The van der Waals surface area contributed by atoms with Gasteiger partial charge in [0.15, 0.2) is 5.70 Å². The van der Waals surface area contributed by atoms with Gasteiger partial charge in [-0.15, -0.1) is 0 Å². The number of carbonyl (C=O) groups is 1. The van der Waals surface area contributed by atoms with Gasteiger partial charge in [-0.05, 0) is 25.1 Å². The molecule has 0 amide bonds. The van der Waals surface area contributed by atoms with E-state index in [9.17, 15) is 4.79 Å². The second-order valence-corrected chi connectivity index (χ2v) is 4.60. The van der Waals surface area contributed by atoms with Crippen LogP contribution in [0.5, 0.6) is 0 Å². The van der Waals surface area contributed by atoms with Crippen LogP contribution in [0.2, 0.25) is 10.0 Å². The molecule has 0 atom stereocenters. The topological polar surface area (TPSA) is 87.7 Å². The van der Waals surface area contributed by atoms with Gasteiger partial charge in [0.2, 0.25) is 0 Å². The summed E-state index contributed by atoms with van der Waals surface area (Å²) in [6.45, 7) is 5.34. The predicted molar refractivity (Wildman–Crippen MR) is 82.2 cm³/mol. The normalized spacial score (nSPS) is 12.2. The van der Waals surface area contributed by atoms with Gasteiger partial charge < -0.3 is 16.2 Å². The van der Waals surface area contributed by atoms with E-state index in [-0.39, 0.29) is 5.70 Å². The molecule has 0 heterocycles. The third-order valence-electron chi connectivity index (χ3n) is 2.43. The number of aliphatic carboxylic acids is 1.